The van der Waals surface area contributed by atoms with E-state index in [1.807, 2.05) is 45.9 Å². The molecule has 0 fully saturated rings. The number of rotatable bonds is 5. The Hall–Kier alpha value is -1.20. The lowest BCUT2D eigenvalue weighted by Crippen LogP contribution is -2.52. The summed E-state index contributed by atoms with van der Waals surface area (Å²) in [4.78, 5) is 24.6. The summed E-state index contributed by atoms with van der Waals surface area (Å²) in [5.41, 5.74) is 0.668. The van der Waals surface area contributed by atoms with Gasteiger partial charge in [-0.15, -0.1) is 11.8 Å². The van der Waals surface area contributed by atoms with E-state index in [-0.39, 0.29) is 17.4 Å². The number of carbonyl (C=O) groups is 2. The Morgan fingerprint density at radius 2 is 1.95 bits per heavy atom. The van der Waals surface area contributed by atoms with Crippen LogP contribution in [0.15, 0.2) is 23.1 Å². The molecule has 0 aliphatic carbocycles. The Kier molecular flexibility index (Phi) is 6.75. The first-order valence-electron chi connectivity index (χ1n) is 7.06. The predicted octanol–water partition coefficient (Wildman–Crippen LogP) is 3.16. The van der Waals surface area contributed by atoms with Crippen molar-refractivity contribution >= 4 is 35.2 Å². The van der Waals surface area contributed by atoms with E-state index >= 15 is 0 Å². The first-order valence-corrected chi connectivity index (χ1v) is 8.43. The molecule has 0 aliphatic rings. The molecule has 2 N–H and O–H groups in total. The third-order valence-electron chi connectivity index (χ3n) is 2.75. The standard InChI is InChI=1S/C16H23ClN2O2S/c1-10-6-7-12(8-13(10)17)22-9-14(18-11(2)20)15(21)19-16(3,4)5/h6-8,14H,9H2,1-5H3,(H,18,20)(H,19,21). The summed E-state index contributed by atoms with van der Waals surface area (Å²) in [6.45, 7) is 9.06. The van der Waals surface area contributed by atoms with E-state index in [0.29, 0.717) is 10.8 Å². The van der Waals surface area contributed by atoms with Gasteiger partial charge in [0.25, 0.3) is 0 Å². The highest BCUT2D eigenvalue weighted by Gasteiger charge is 2.23. The van der Waals surface area contributed by atoms with Gasteiger partial charge < -0.3 is 10.6 Å². The number of amides is 2. The van der Waals surface area contributed by atoms with Crippen LogP contribution in [0.3, 0.4) is 0 Å². The fraction of sp³-hybridized carbons (Fsp3) is 0.500. The average molecular weight is 343 g/mol. The number of carbonyl (C=O) groups excluding carboxylic acids is 2. The molecule has 1 unspecified atom stereocenters. The molecular weight excluding hydrogens is 320 g/mol. The summed E-state index contributed by atoms with van der Waals surface area (Å²) in [6.07, 6.45) is 0. The van der Waals surface area contributed by atoms with Crippen LogP contribution in [0, 0.1) is 6.92 Å². The quantitative estimate of drug-likeness (QED) is 0.808. The van der Waals surface area contributed by atoms with Crippen molar-refractivity contribution in [2.45, 2.75) is 51.1 Å². The Labute approximate surface area is 141 Å². The molecule has 6 heteroatoms. The highest BCUT2D eigenvalue weighted by molar-refractivity contribution is 7.99. The smallest absolute Gasteiger partial charge is 0.243 e. The molecule has 122 valence electrons. The van der Waals surface area contributed by atoms with Gasteiger partial charge >= 0.3 is 0 Å². The van der Waals surface area contributed by atoms with Gasteiger partial charge in [0.2, 0.25) is 11.8 Å². The predicted molar refractivity (Wildman–Crippen MR) is 92.4 cm³/mol. The maximum Gasteiger partial charge on any atom is 0.243 e. The second kappa shape index (κ2) is 7.88. The van der Waals surface area contributed by atoms with E-state index in [1.165, 1.54) is 18.7 Å². The zero-order chi connectivity index (χ0) is 16.9. The molecule has 0 radical (unpaired) electrons. The molecule has 0 aromatic heterocycles. The summed E-state index contributed by atoms with van der Waals surface area (Å²) in [5.74, 6) is 0.0333. The highest BCUT2D eigenvalue weighted by atomic mass is 35.5. The molecule has 0 bridgehead atoms. The van der Waals surface area contributed by atoms with Gasteiger partial charge in [-0.3, -0.25) is 9.59 Å². The highest BCUT2D eigenvalue weighted by Crippen LogP contribution is 2.25. The molecule has 1 aromatic rings. The lowest BCUT2D eigenvalue weighted by atomic mass is 10.1. The fourth-order valence-electron chi connectivity index (χ4n) is 1.73. The normalized spacial score (nSPS) is 12.6. The van der Waals surface area contributed by atoms with E-state index in [1.54, 1.807) is 0 Å². The van der Waals surface area contributed by atoms with Gasteiger partial charge in [0.1, 0.15) is 6.04 Å². The van der Waals surface area contributed by atoms with Gasteiger partial charge in [0.15, 0.2) is 0 Å². The minimum atomic E-state index is -0.582. The van der Waals surface area contributed by atoms with Crippen molar-refractivity contribution in [3.63, 3.8) is 0 Å². The van der Waals surface area contributed by atoms with Gasteiger partial charge in [-0.25, -0.2) is 0 Å². The van der Waals surface area contributed by atoms with Crippen molar-refractivity contribution < 1.29 is 9.59 Å². The molecule has 22 heavy (non-hydrogen) atoms. The van der Waals surface area contributed by atoms with Crippen LogP contribution in [0.4, 0.5) is 0 Å². The van der Waals surface area contributed by atoms with Crippen molar-refractivity contribution in [1.29, 1.82) is 0 Å². The first-order chi connectivity index (χ1) is 10.1. The van der Waals surface area contributed by atoms with Crippen LogP contribution >= 0.6 is 23.4 Å². The molecule has 4 nitrogen and oxygen atoms in total. The van der Waals surface area contributed by atoms with Crippen LogP contribution in [0.1, 0.15) is 33.3 Å². The Morgan fingerprint density at radius 1 is 1.32 bits per heavy atom. The van der Waals surface area contributed by atoms with Gasteiger partial charge in [0, 0.05) is 28.1 Å². The van der Waals surface area contributed by atoms with E-state index in [4.69, 9.17) is 11.6 Å². The number of thioether (sulfide) groups is 1. The third-order valence-corrected chi connectivity index (χ3v) is 4.25. The Morgan fingerprint density at radius 3 is 2.45 bits per heavy atom. The number of halogens is 1. The van der Waals surface area contributed by atoms with E-state index in [0.717, 1.165) is 10.5 Å². The molecule has 0 spiro atoms. The second-order valence-corrected chi connectivity index (χ2v) is 7.71. The van der Waals surface area contributed by atoms with Crippen LogP contribution in [0.25, 0.3) is 0 Å². The maximum absolute atomic E-state index is 12.3. The number of aryl methyl sites for hydroxylation is 1. The van der Waals surface area contributed by atoms with Gasteiger partial charge in [-0.05, 0) is 45.4 Å². The second-order valence-electron chi connectivity index (χ2n) is 6.21. The molecule has 0 heterocycles. The van der Waals surface area contributed by atoms with E-state index in [9.17, 15) is 9.59 Å². The average Bonchev–Trinajstić information content (AvgIpc) is 2.36. The van der Waals surface area contributed by atoms with Crippen molar-refractivity contribution in [3.05, 3.63) is 28.8 Å². The van der Waals surface area contributed by atoms with Gasteiger partial charge in [-0.1, -0.05) is 17.7 Å². The Balaban J connectivity index is 2.74. The first kappa shape index (κ1) is 18.8. The van der Waals surface area contributed by atoms with Crippen LogP contribution < -0.4 is 10.6 Å². The zero-order valence-electron chi connectivity index (χ0n) is 13.6. The monoisotopic (exact) mass is 342 g/mol. The zero-order valence-corrected chi connectivity index (χ0v) is 15.2. The summed E-state index contributed by atoms with van der Waals surface area (Å²) < 4.78 is 0. The summed E-state index contributed by atoms with van der Waals surface area (Å²) in [6, 6.07) is 5.18. The third kappa shape index (κ3) is 6.71. The molecule has 0 saturated carbocycles. The fourth-order valence-corrected chi connectivity index (χ4v) is 2.93. The summed E-state index contributed by atoms with van der Waals surface area (Å²) in [5, 5.41) is 6.28. The number of hydrogen-bond acceptors (Lipinski definition) is 3. The van der Waals surface area contributed by atoms with Crippen LogP contribution in [-0.4, -0.2) is 29.1 Å². The van der Waals surface area contributed by atoms with Crippen molar-refractivity contribution in [3.8, 4) is 0 Å². The lowest BCUT2D eigenvalue weighted by molar-refractivity contribution is -0.128. The maximum atomic E-state index is 12.3. The number of hydrogen-bond donors (Lipinski definition) is 2. The topological polar surface area (TPSA) is 58.2 Å². The Bertz CT molecular complexity index is 556. The van der Waals surface area contributed by atoms with E-state index in [2.05, 4.69) is 10.6 Å². The minimum absolute atomic E-state index is 0.187. The molecule has 1 rings (SSSR count). The summed E-state index contributed by atoms with van der Waals surface area (Å²) >= 11 is 7.59. The largest absolute Gasteiger partial charge is 0.350 e. The van der Waals surface area contributed by atoms with Crippen LogP contribution in [0.5, 0.6) is 0 Å². The van der Waals surface area contributed by atoms with Crippen LogP contribution in [0.2, 0.25) is 5.02 Å². The summed E-state index contributed by atoms with van der Waals surface area (Å²) in [7, 11) is 0. The molecular formula is C16H23ClN2O2S. The van der Waals surface area contributed by atoms with Gasteiger partial charge in [0.05, 0.1) is 0 Å². The lowest BCUT2D eigenvalue weighted by Gasteiger charge is -2.25. The number of benzene rings is 1. The van der Waals surface area contributed by atoms with Gasteiger partial charge in [-0.2, -0.15) is 0 Å². The van der Waals surface area contributed by atoms with Crippen molar-refractivity contribution in [1.82, 2.24) is 10.6 Å². The van der Waals surface area contributed by atoms with E-state index < -0.39 is 6.04 Å². The van der Waals surface area contributed by atoms with Crippen molar-refractivity contribution in [2.24, 2.45) is 0 Å². The molecule has 0 aliphatic heterocycles. The molecule has 0 saturated heterocycles. The molecule has 2 amide bonds. The molecule has 1 aromatic carbocycles. The van der Waals surface area contributed by atoms with Crippen molar-refractivity contribution in [2.75, 3.05) is 5.75 Å². The molecule has 1 atom stereocenters. The minimum Gasteiger partial charge on any atom is -0.350 e. The number of nitrogens with one attached hydrogen (secondary N) is 2. The van der Waals surface area contributed by atoms with Crippen LogP contribution in [-0.2, 0) is 9.59 Å². The SMILES string of the molecule is CC(=O)NC(CSc1ccc(C)c(Cl)c1)C(=O)NC(C)(C)C.